The molecule has 1 heterocycles. The van der Waals surface area contributed by atoms with Crippen LogP contribution in [0, 0.1) is 0 Å². The highest BCUT2D eigenvalue weighted by Crippen LogP contribution is 2.19. The smallest absolute Gasteiger partial charge is 0.326 e. The van der Waals surface area contributed by atoms with Crippen molar-refractivity contribution in [3.63, 3.8) is 0 Å². The van der Waals surface area contributed by atoms with Crippen molar-refractivity contribution in [1.82, 2.24) is 20.9 Å². The first-order chi connectivity index (χ1) is 18.7. The minimum absolute atomic E-state index is 0.149. The number of para-hydroxylation sites is 1. The predicted molar refractivity (Wildman–Crippen MR) is 146 cm³/mol. The Morgan fingerprint density at radius 3 is 2.00 bits per heavy atom. The van der Waals surface area contributed by atoms with Crippen LogP contribution in [0.4, 0.5) is 0 Å². The van der Waals surface area contributed by atoms with Crippen molar-refractivity contribution in [2.75, 3.05) is 19.7 Å². The molecule has 39 heavy (non-hydrogen) atoms. The Morgan fingerprint density at radius 1 is 0.821 bits per heavy atom. The fourth-order valence-electron chi connectivity index (χ4n) is 4.16. The van der Waals surface area contributed by atoms with E-state index in [1.54, 1.807) is 6.20 Å². The minimum Gasteiger partial charge on any atom is -0.480 e. The predicted octanol–water partition coefficient (Wildman–Crippen LogP) is -1.17. The molecule has 0 aliphatic carbocycles. The van der Waals surface area contributed by atoms with Crippen molar-refractivity contribution in [1.29, 1.82) is 0 Å². The Hall–Kier alpha value is -3.52. The van der Waals surface area contributed by atoms with Gasteiger partial charge in [-0.15, -0.1) is 0 Å². The fraction of sp³-hybridized carbons (Fsp3) is 0.538. The number of rotatable bonds is 18. The number of amides is 3. The maximum Gasteiger partial charge on any atom is 0.326 e. The van der Waals surface area contributed by atoms with Crippen LogP contribution in [0.25, 0.3) is 10.9 Å². The van der Waals surface area contributed by atoms with E-state index >= 15 is 0 Å². The van der Waals surface area contributed by atoms with Crippen LogP contribution >= 0.6 is 0 Å². The number of aliphatic hydroxyl groups is 1. The van der Waals surface area contributed by atoms with Crippen molar-refractivity contribution in [2.24, 2.45) is 17.2 Å². The van der Waals surface area contributed by atoms with E-state index in [-0.39, 0.29) is 19.3 Å². The molecule has 0 fully saturated rings. The number of aliphatic carboxylic acids is 1. The highest BCUT2D eigenvalue weighted by Gasteiger charge is 2.30. The van der Waals surface area contributed by atoms with Crippen molar-refractivity contribution in [2.45, 2.75) is 69.1 Å². The summed E-state index contributed by atoms with van der Waals surface area (Å²) < 4.78 is 0. The molecule has 0 aliphatic rings. The Labute approximate surface area is 227 Å². The number of carbonyl (C=O) groups excluding carboxylic acids is 3. The SMILES string of the molecule is NCCCCC(NC(=O)C(CO)NC(=O)C(CCCCN)NC(=O)C(N)Cc1c[nH]c2ccccc12)C(=O)O. The molecule has 4 unspecified atom stereocenters. The van der Waals surface area contributed by atoms with Crippen LogP contribution in [-0.2, 0) is 25.6 Å². The first-order valence-corrected chi connectivity index (χ1v) is 13.2. The summed E-state index contributed by atoms with van der Waals surface area (Å²) in [4.78, 5) is 53.3. The second kappa shape index (κ2) is 16.4. The molecule has 0 radical (unpaired) electrons. The van der Waals surface area contributed by atoms with Crippen LogP contribution in [0.3, 0.4) is 0 Å². The van der Waals surface area contributed by atoms with Gasteiger partial charge in [0.15, 0.2) is 0 Å². The van der Waals surface area contributed by atoms with Gasteiger partial charge in [-0.2, -0.15) is 0 Å². The highest BCUT2D eigenvalue weighted by molar-refractivity contribution is 5.94. The van der Waals surface area contributed by atoms with Gasteiger partial charge in [0.2, 0.25) is 17.7 Å². The summed E-state index contributed by atoms with van der Waals surface area (Å²) in [6.07, 6.45) is 4.59. The zero-order valence-corrected chi connectivity index (χ0v) is 22.0. The van der Waals surface area contributed by atoms with E-state index in [4.69, 9.17) is 17.2 Å². The van der Waals surface area contributed by atoms with Gasteiger partial charge in [-0.25, -0.2) is 4.79 Å². The fourth-order valence-corrected chi connectivity index (χ4v) is 4.16. The van der Waals surface area contributed by atoms with Crippen molar-refractivity contribution >= 4 is 34.6 Å². The molecular weight excluding hydrogens is 506 g/mol. The molecule has 0 bridgehead atoms. The molecule has 0 saturated heterocycles. The second-order valence-electron chi connectivity index (χ2n) is 9.44. The molecule has 1 aromatic carbocycles. The number of H-pyrrole nitrogens is 1. The molecule has 4 atom stereocenters. The lowest BCUT2D eigenvalue weighted by Crippen LogP contribution is -2.58. The van der Waals surface area contributed by atoms with E-state index in [0.717, 1.165) is 16.5 Å². The van der Waals surface area contributed by atoms with Gasteiger partial charge in [0, 0.05) is 17.1 Å². The molecule has 2 aromatic rings. The van der Waals surface area contributed by atoms with E-state index < -0.39 is 54.5 Å². The molecule has 12 N–H and O–H groups in total. The van der Waals surface area contributed by atoms with Crippen molar-refractivity contribution < 1.29 is 29.4 Å². The van der Waals surface area contributed by atoms with Gasteiger partial charge in [0.1, 0.15) is 18.1 Å². The quantitative estimate of drug-likeness (QED) is 0.102. The van der Waals surface area contributed by atoms with Crippen molar-refractivity contribution in [3.05, 3.63) is 36.0 Å². The number of hydrogen-bond acceptors (Lipinski definition) is 8. The minimum atomic E-state index is -1.41. The third-order valence-corrected chi connectivity index (χ3v) is 6.41. The molecule has 2 rings (SSSR count). The lowest BCUT2D eigenvalue weighted by Gasteiger charge is -2.24. The number of aliphatic hydroxyl groups excluding tert-OH is 1. The molecular formula is C26H41N7O6. The van der Waals surface area contributed by atoms with Crippen LogP contribution < -0.4 is 33.2 Å². The Bertz CT molecular complexity index is 1090. The molecule has 216 valence electrons. The standard InChI is InChI=1S/C26H41N7O6/c27-11-5-3-9-20(31-23(35)18(29)13-16-14-30-19-8-2-1-7-17(16)19)24(36)33-22(15-34)25(37)32-21(26(38)39)10-4-6-12-28/h1-2,7-8,14,18,20-22,30,34H,3-6,9-13,15,27-29H2,(H,31,35)(H,32,37)(H,33,36)(H,38,39). The summed E-state index contributed by atoms with van der Waals surface area (Å²) in [5.74, 6) is -3.35. The number of benzene rings is 1. The van der Waals surface area contributed by atoms with Gasteiger partial charge in [0.05, 0.1) is 12.6 Å². The summed E-state index contributed by atoms with van der Waals surface area (Å²) in [7, 11) is 0. The zero-order valence-electron chi connectivity index (χ0n) is 22.0. The Balaban J connectivity index is 2.04. The van der Waals surface area contributed by atoms with Crippen molar-refractivity contribution in [3.8, 4) is 0 Å². The zero-order chi connectivity index (χ0) is 28.8. The molecule has 13 nitrogen and oxygen atoms in total. The van der Waals surface area contributed by atoms with E-state index in [9.17, 15) is 29.4 Å². The summed E-state index contributed by atoms with van der Waals surface area (Å²) in [6, 6.07) is 3.01. The van der Waals surface area contributed by atoms with Crippen LogP contribution in [-0.4, -0.2) is 82.8 Å². The van der Waals surface area contributed by atoms with E-state index in [1.807, 2.05) is 24.3 Å². The van der Waals surface area contributed by atoms with E-state index in [2.05, 4.69) is 20.9 Å². The molecule has 3 amide bonds. The number of nitrogens with one attached hydrogen (secondary N) is 4. The maximum atomic E-state index is 13.1. The van der Waals surface area contributed by atoms with Gasteiger partial charge in [-0.3, -0.25) is 14.4 Å². The number of fused-ring (bicyclic) bond motifs is 1. The van der Waals surface area contributed by atoms with Gasteiger partial charge < -0.3 is 48.3 Å². The van der Waals surface area contributed by atoms with E-state index in [1.165, 1.54) is 0 Å². The average molecular weight is 548 g/mol. The third kappa shape index (κ3) is 9.94. The second-order valence-corrected chi connectivity index (χ2v) is 9.44. The Morgan fingerprint density at radius 2 is 1.38 bits per heavy atom. The molecule has 0 saturated carbocycles. The monoisotopic (exact) mass is 547 g/mol. The Kier molecular flexibility index (Phi) is 13.4. The first kappa shape index (κ1) is 31.7. The lowest BCUT2D eigenvalue weighted by molar-refractivity contribution is -0.142. The summed E-state index contributed by atoms with van der Waals surface area (Å²) in [6.45, 7) is 0.0132. The number of carboxylic acid groups (broad SMARTS) is 1. The van der Waals surface area contributed by atoms with Crippen LogP contribution in [0.15, 0.2) is 30.5 Å². The number of aromatic nitrogens is 1. The first-order valence-electron chi connectivity index (χ1n) is 13.2. The highest BCUT2D eigenvalue weighted by atomic mass is 16.4. The summed E-state index contributed by atoms with van der Waals surface area (Å²) >= 11 is 0. The normalized spacial score (nSPS) is 14.3. The molecule has 0 aliphatic heterocycles. The number of aromatic amines is 1. The maximum absolute atomic E-state index is 13.1. The number of nitrogens with two attached hydrogens (primary N) is 3. The molecule has 1 aromatic heterocycles. The van der Waals surface area contributed by atoms with E-state index in [0.29, 0.717) is 38.8 Å². The average Bonchev–Trinajstić information content (AvgIpc) is 3.32. The largest absolute Gasteiger partial charge is 0.480 e. The van der Waals surface area contributed by atoms with Crippen LogP contribution in [0.2, 0.25) is 0 Å². The van der Waals surface area contributed by atoms with Gasteiger partial charge in [-0.1, -0.05) is 18.2 Å². The van der Waals surface area contributed by atoms with Crippen LogP contribution in [0.5, 0.6) is 0 Å². The van der Waals surface area contributed by atoms with Gasteiger partial charge in [0.25, 0.3) is 0 Å². The van der Waals surface area contributed by atoms with Crippen LogP contribution in [0.1, 0.15) is 44.1 Å². The summed E-state index contributed by atoms with van der Waals surface area (Å²) in [5, 5.41) is 27.5. The summed E-state index contributed by atoms with van der Waals surface area (Å²) in [5.41, 5.74) is 18.9. The topological polar surface area (TPSA) is 239 Å². The van der Waals surface area contributed by atoms with Gasteiger partial charge in [-0.05, 0) is 69.7 Å². The van der Waals surface area contributed by atoms with Gasteiger partial charge >= 0.3 is 5.97 Å². The number of unbranched alkanes of at least 4 members (excludes halogenated alkanes) is 2. The molecule has 0 spiro atoms. The number of carboxylic acids is 1. The number of carbonyl (C=O) groups is 4. The number of hydrogen-bond donors (Lipinski definition) is 9. The third-order valence-electron chi connectivity index (χ3n) is 6.41. The lowest BCUT2D eigenvalue weighted by atomic mass is 10.0. The molecule has 13 heteroatoms.